The van der Waals surface area contributed by atoms with Gasteiger partial charge in [-0.05, 0) is 59.7 Å². The molecule has 1 N–H and O–H groups in total. The van der Waals surface area contributed by atoms with Crippen molar-refractivity contribution >= 4 is 11.7 Å². The molecular weight excluding hydrogens is 386 g/mol. The standard InChI is InChI=1S/C21H23N5O4/c1-13-6-5-7-18(26-21(29)25(4)23-24-26)17(13)12-30-20-9-8-16(10-14(20)2)19(28)11-22-15(3)27/h5-10H,11-12H2,1-4H3,(H,22,27). The van der Waals surface area contributed by atoms with Crippen LogP contribution in [0.15, 0.2) is 41.2 Å². The van der Waals surface area contributed by atoms with Gasteiger partial charge in [0, 0.05) is 25.1 Å². The number of carbonyl (C=O) groups is 2. The Labute approximate surface area is 173 Å². The first-order valence-electron chi connectivity index (χ1n) is 9.37. The highest BCUT2D eigenvalue weighted by Crippen LogP contribution is 2.23. The van der Waals surface area contributed by atoms with Crippen molar-refractivity contribution in [2.75, 3.05) is 6.54 Å². The van der Waals surface area contributed by atoms with E-state index in [1.807, 2.05) is 26.0 Å². The van der Waals surface area contributed by atoms with Gasteiger partial charge in [-0.25, -0.2) is 4.79 Å². The first-order valence-corrected chi connectivity index (χ1v) is 9.37. The van der Waals surface area contributed by atoms with Crippen LogP contribution in [0.1, 0.15) is 34.0 Å². The van der Waals surface area contributed by atoms with Crippen LogP contribution in [0.4, 0.5) is 0 Å². The van der Waals surface area contributed by atoms with E-state index in [2.05, 4.69) is 15.7 Å². The molecule has 0 spiro atoms. The number of amides is 1. The molecule has 3 aromatic rings. The predicted molar refractivity (Wildman–Crippen MR) is 110 cm³/mol. The van der Waals surface area contributed by atoms with Crippen LogP contribution in [0.2, 0.25) is 0 Å². The van der Waals surface area contributed by atoms with Crippen LogP contribution in [-0.2, 0) is 18.4 Å². The first-order chi connectivity index (χ1) is 14.3. The summed E-state index contributed by atoms with van der Waals surface area (Å²) < 4.78 is 8.39. The van der Waals surface area contributed by atoms with E-state index in [4.69, 9.17) is 4.74 Å². The smallest absolute Gasteiger partial charge is 0.368 e. The molecule has 0 atom stereocenters. The topological polar surface area (TPSA) is 108 Å². The largest absolute Gasteiger partial charge is 0.489 e. The lowest BCUT2D eigenvalue weighted by molar-refractivity contribution is -0.118. The van der Waals surface area contributed by atoms with Gasteiger partial charge in [-0.1, -0.05) is 12.1 Å². The van der Waals surface area contributed by atoms with Crippen LogP contribution in [0.25, 0.3) is 5.69 Å². The molecule has 0 saturated carbocycles. The molecule has 0 aliphatic heterocycles. The summed E-state index contributed by atoms with van der Waals surface area (Å²) in [7, 11) is 1.54. The third kappa shape index (κ3) is 4.45. The van der Waals surface area contributed by atoms with Crippen molar-refractivity contribution in [1.82, 2.24) is 25.1 Å². The van der Waals surface area contributed by atoms with E-state index >= 15 is 0 Å². The third-order valence-electron chi connectivity index (χ3n) is 4.70. The second-order valence-corrected chi connectivity index (χ2v) is 6.97. The number of benzene rings is 2. The van der Waals surface area contributed by atoms with Gasteiger partial charge in [-0.15, -0.1) is 0 Å². The molecule has 0 radical (unpaired) electrons. The Hall–Kier alpha value is -3.75. The zero-order valence-corrected chi connectivity index (χ0v) is 17.3. The second-order valence-electron chi connectivity index (χ2n) is 6.97. The van der Waals surface area contributed by atoms with Crippen LogP contribution in [0.5, 0.6) is 5.75 Å². The van der Waals surface area contributed by atoms with Crippen molar-refractivity contribution in [3.8, 4) is 11.4 Å². The summed E-state index contributed by atoms with van der Waals surface area (Å²) in [6.07, 6.45) is 0. The van der Waals surface area contributed by atoms with Gasteiger partial charge in [0.05, 0.1) is 12.2 Å². The number of hydrogen-bond acceptors (Lipinski definition) is 6. The Morgan fingerprint density at radius 3 is 2.50 bits per heavy atom. The van der Waals surface area contributed by atoms with Crippen molar-refractivity contribution in [2.24, 2.45) is 7.05 Å². The van der Waals surface area contributed by atoms with Gasteiger partial charge in [0.2, 0.25) is 5.91 Å². The van der Waals surface area contributed by atoms with Crippen LogP contribution in [0.3, 0.4) is 0 Å². The number of nitrogens with one attached hydrogen (secondary N) is 1. The Balaban J connectivity index is 1.81. The van der Waals surface area contributed by atoms with Crippen LogP contribution in [-0.4, -0.2) is 38.0 Å². The third-order valence-corrected chi connectivity index (χ3v) is 4.70. The molecule has 1 amide bonds. The van der Waals surface area contributed by atoms with E-state index in [0.717, 1.165) is 21.4 Å². The van der Waals surface area contributed by atoms with E-state index in [0.29, 0.717) is 17.0 Å². The lowest BCUT2D eigenvalue weighted by atomic mass is 10.1. The van der Waals surface area contributed by atoms with Crippen molar-refractivity contribution in [3.63, 3.8) is 0 Å². The Bertz CT molecular complexity index is 1160. The number of carbonyl (C=O) groups excluding carboxylic acids is 2. The fraction of sp³-hybridized carbons (Fsp3) is 0.286. The second kappa shape index (κ2) is 8.73. The van der Waals surface area contributed by atoms with Crippen molar-refractivity contribution in [1.29, 1.82) is 0 Å². The number of Topliss-reactive ketones (excluding diaryl/α,β-unsaturated/α-hetero) is 1. The summed E-state index contributed by atoms with van der Waals surface area (Å²) in [5, 5.41) is 10.2. The molecule has 0 aliphatic carbocycles. The maximum atomic E-state index is 12.3. The Morgan fingerprint density at radius 1 is 1.10 bits per heavy atom. The molecule has 9 heteroatoms. The first kappa shape index (κ1) is 21.0. The monoisotopic (exact) mass is 409 g/mol. The van der Waals surface area contributed by atoms with E-state index in [1.165, 1.54) is 18.7 Å². The number of tetrazole rings is 1. The predicted octanol–water partition coefficient (Wildman–Crippen LogP) is 1.48. The van der Waals surface area contributed by atoms with Crippen LogP contribution >= 0.6 is 0 Å². The molecule has 1 aromatic heterocycles. The lowest BCUT2D eigenvalue weighted by Gasteiger charge is -2.14. The molecular formula is C21H23N5O4. The SMILES string of the molecule is CC(=O)NCC(=O)c1ccc(OCc2c(C)cccc2-n2nnn(C)c2=O)c(C)c1. The molecule has 1 heterocycles. The molecule has 0 aliphatic rings. The van der Waals surface area contributed by atoms with Crippen LogP contribution < -0.4 is 15.7 Å². The number of rotatable bonds is 7. The molecule has 0 fully saturated rings. The van der Waals surface area contributed by atoms with Crippen molar-refractivity contribution in [3.05, 3.63) is 69.1 Å². The van der Waals surface area contributed by atoms with Gasteiger partial charge < -0.3 is 10.1 Å². The van der Waals surface area contributed by atoms with E-state index < -0.39 is 0 Å². The minimum absolute atomic E-state index is 0.0472. The summed E-state index contributed by atoms with van der Waals surface area (Å²) >= 11 is 0. The molecule has 156 valence electrons. The number of nitrogens with zero attached hydrogens (tertiary/aromatic N) is 4. The number of aryl methyl sites for hydroxylation is 3. The fourth-order valence-electron chi connectivity index (χ4n) is 2.98. The highest BCUT2D eigenvalue weighted by molar-refractivity contribution is 5.99. The zero-order chi connectivity index (χ0) is 21.8. The average molecular weight is 409 g/mol. The molecule has 0 bridgehead atoms. The Kier molecular flexibility index (Phi) is 6.10. The molecule has 3 rings (SSSR count). The number of aromatic nitrogens is 4. The zero-order valence-electron chi connectivity index (χ0n) is 17.3. The van der Waals surface area contributed by atoms with Gasteiger partial charge in [0.15, 0.2) is 5.78 Å². The normalized spacial score (nSPS) is 10.7. The molecule has 9 nitrogen and oxygen atoms in total. The maximum absolute atomic E-state index is 12.3. The van der Waals surface area contributed by atoms with Gasteiger partial charge >= 0.3 is 5.69 Å². The lowest BCUT2D eigenvalue weighted by Crippen LogP contribution is -2.27. The quantitative estimate of drug-likeness (QED) is 0.592. The van der Waals surface area contributed by atoms with Crippen LogP contribution in [0, 0.1) is 13.8 Å². The maximum Gasteiger partial charge on any atom is 0.368 e. The molecule has 0 unspecified atom stereocenters. The number of ketones is 1. The van der Waals surface area contributed by atoms with Crippen molar-refractivity contribution < 1.29 is 14.3 Å². The van der Waals surface area contributed by atoms with E-state index in [1.54, 1.807) is 24.3 Å². The summed E-state index contributed by atoms with van der Waals surface area (Å²) in [6.45, 7) is 5.31. The summed E-state index contributed by atoms with van der Waals surface area (Å²) in [6, 6.07) is 10.7. The minimum Gasteiger partial charge on any atom is -0.489 e. The highest BCUT2D eigenvalue weighted by atomic mass is 16.5. The van der Waals surface area contributed by atoms with Gasteiger partial charge in [0.25, 0.3) is 0 Å². The molecule has 0 saturated heterocycles. The minimum atomic E-state index is -0.347. The molecule has 30 heavy (non-hydrogen) atoms. The van der Waals surface area contributed by atoms with Gasteiger partial charge in [-0.2, -0.15) is 9.36 Å². The number of hydrogen-bond donors (Lipinski definition) is 1. The van der Waals surface area contributed by atoms with Gasteiger partial charge in [0.1, 0.15) is 12.4 Å². The highest BCUT2D eigenvalue weighted by Gasteiger charge is 2.15. The summed E-state index contributed by atoms with van der Waals surface area (Å²) in [4.78, 5) is 35.4. The van der Waals surface area contributed by atoms with Crippen molar-refractivity contribution in [2.45, 2.75) is 27.4 Å². The molecule has 2 aromatic carbocycles. The fourth-order valence-corrected chi connectivity index (χ4v) is 2.98. The average Bonchev–Trinajstić information content (AvgIpc) is 3.04. The summed E-state index contributed by atoms with van der Waals surface area (Å²) in [5.41, 5.74) is 3.30. The van der Waals surface area contributed by atoms with Gasteiger partial charge in [-0.3, -0.25) is 9.59 Å². The van der Waals surface area contributed by atoms with E-state index in [9.17, 15) is 14.4 Å². The van der Waals surface area contributed by atoms with E-state index in [-0.39, 0.29) is 30.5 Å². The summed E-state index contributed by atoms with van der Waals surface area (Å²) in [5.74, 6) is 0.186. The Morgan fingerprint density at radius 2 is 1.87 bits per heavy atom. The number of ether oxygens (including phenoxy) is 1.